The summed E-state index contributed by atoms with van der Waals surface area (Å²) in [4.78, 5) is 40.8. The second-order valence-electron chi connectivity index (χ2n) is 11.3. The highest BCUT2D eigenvalue weighted by molar-refractivity contribution is 6.00. The largest absolute Gasteiger partial charge is 0.497 e. The molecule has 8 heteroatoms. The monoisotopic (exact) mass is 613 g/mol. The van der Waals surface area contributed by atoms with E-state index in [1.165, 1.54) is 6.92 Å². The van der Waals surface area contributed by atoms with Crippen molar-refractivity contribution in [3.63, 3.8) is 0 Å². The summed E-state index contributed by atoms with van der Waals surface area (Å²) in [5.41, 5.74) is 4.37. The third-order valence-corrected chi connectivity index (χ3v) is 8.60. The molecule has 0 fully saturated rings. The van der Waals surface area contributed by atoms with E-state index in [0.29, 0.717) is 39.0 Å². The van der Waals surface area contributed by atoms with Gasteiger partial charge in [-0.2, -0.15) is 0 Å². The van der Waals surface area contributed by atoms with Gasteiger partial charge in [0.15, 0.2) is 0 Å². The van der Waals surface area contributed by atoms with Crippen LogP contribution in [-0.4, -0.2) is 29.3 Å². The topological polar surface area (TPSA) is 91.6 Å². The molecular formula is C38H35N3O5. The first-order chi connectivity index (χ1) is 22.2. The van der Waals surface area contributed by atoms with Crippen LogP contribution in [-0.2, 0) is 25.3 Å². The minimum Gasteiger partial charge on any atom is -0.497 e. The molecule has 6 aromatic rings. The minimum absolute atomic E-state index is 0.172. The Hall–Kier alpha value is -5.63. The van der Waals surface area contributed by atoms with Gasteiger partial charge in [0.2, 0.25) is 5.91 Å². The Bertz CT molecular complexity index is 2220. The van der Waals surface area contributed by atoms with Crippen LogP contribution < -0.4 is 25.9 Å². The van der Waals surface area contributed by atoms with Crippen molar-refractivity contribution in [2.24, 2.45) is 14.1 Å². The van der Waals surface area contributed by atoms with E-state index < -0.39 is 6.04 Å². The number of fused-ring (bicyclic) bond motifs is 2. The normalized spacial score (nSPS) is 11.8. The van der Waals surface area contributed by atoms with Gasteiger partial charge in [-0.15, -0.1) is 0 Å². The number of ether oxygens (including phenoxy) is 2. The van der Waals surface area contributed by atoms with Gasteiger partial charge in [0.25, 0.3) is 11.1 Å². The van der Waals surface area contributed by atoms with Crippen molar-refractivity contribution >= 4 is 27.5 Å². The number of nitrogens with one attached hydrogen (secondary N) is 1. The highest BCUT2D eigenvalue weighted by atomic mass is 16.5. The molecule has 0 aliphatic rings. The highest BCUT2D eigenvalue weighted by Crippen LogP contribution is 2.39. The average Bonchev–Trinajstić information content (AvgIpc) is 3.08. The Kier molecular flexibility index (Phi) is 8.19. The summed E-state index contributed by atoms with van der Waals surface area (Å²) in [5, 5.41) is 5.67. The van der Waals surface area contributed by atoms with Gasteiger partial charge in [-0.1, -0.05) is 60.7 Å². The van der Waals surface area contributed by atoms with Crippen molar-refractivity contribution in [2.45, 2.75) is 19.4 Å². The van der Waals surface area contributed by atoms with Crippen LogP contribution in [0.15, 0.2) is 107 Å². The summed E-state index contributed by atoms with van der Waals surface area (Å²) in [5.74, 6) is 0.965. The zero-order chi connectivity index (χ0) is 32.5. The van der Waals surface area contributed by atoms with E-state index in [1.807, 2.05) is 72.8 Å². The number of pyridine rings is 2. The number of amides is 1. The SMILES string of the molecule is COc1ccc2c(=O)n(C)c(CC(NC(C)=O)c3c(-c4ccccc4)c4cc(OC)ccc4c(=O)n3C)c(-c3ccccc3)c2c1. The molecule has 1 N–H and O–H groups in total. The van der Waals surface area contributed by atoms with E-state index in [9.17, 15) is 14.4 Å². The van der Waals surface area contributed by atoms with Gasteiger partial charge in [0.05, 0.1) is 26.0 Å². The summed E-state index contributed by atoms with van der Waals surface area (Å²) >= 11 is 0. The molecule has 0 bridgehead atoms. The minimum atomic E-state index is -0.697. The van der Waals surface area contributed by atoms with Crippen LogP contribution in [0.1, 0.15) is 24.4 Å². The van der Waals surface area contributed by atoms with Crippen LogP contribution in [0.3, 0.4) is 0 Å². The number of nitrogens with zero attached hydrogens (tertiary/aromatic N) is 2. The lowest BCUT2D eigenvalue weighted by Crippen LogP contribution is -2.35. The van der Waals surface area contributed by atoms with Gasteiger partial charge < -0.3 is 23.9 Å². The third kappa shape index (κ3) is 5.32. The van der Waals surface area contributed by atoms with E-state index >= 15 is 0 Å². The standard InChI is InChI=1S/C38H35N3O5/c1-23(42)39-32(36-35(25-14-10-7-11-15-25)31-21-27(46-5)17-19-29(31)38(44)41(36)3)22-33-34(24-12-8-6-9-13-24)30-20-26(45-4)16-18-28(30)37(43)40(33)2/h6-21,32H,22H2,1-5H3,(H,39,42). The Morgan fingerprint density at radius 3 is 1.65 bits per heavy atom. The summed E-state index contributed by atoms with van der Waals surface area (Å²) in [6.07, 6.45) is 0.214. The Morgan fingerprint density at radius 2 is 1.15 bits per heavy atom. The van der Waals surface area contributed by atoms with E-state index in [2.05, 4.69) is 5.32 Å². The number of aromatic nitrogens is 2. The first kappa shape index (κ1) is 30.4. The van der Waals surface area contributed by atoms with Crippen LogP contribution in [0, 0.1) is 0 Å². The zero-order valence-electron chi connectivity index (χ0n) is 26.5. The number of benzene rings is 4. The molecule has 0 saturated carbocycles. The lowest BCUT2D eigenvalue weighted by Gasteiger charge is -2.28. The first-order valence-electron chi connectivity index (χ1n) is 15.0. The predicted molar refractivity (Wildman–Crippen MR) is 183 cm³/mol. The van der Waals surface area contributed by atoms with E-state index in [0.717, 1.165) is 27.6 Å². The molecule has 0 aliphatic heterocycles. The number of methoxy groups -OCH3 is 2. The lowest BCUT2D eigenvalue weighted by molar-refractivity contribution is -0.119. The molecule has 6 rings (SSSR count). The van der Waals surface area contributed by atoms with Crippen molar-refractivity contribution in [2.75, 3.05) is 14.2 Å². The van der Waals surface area contributed by atoms with Gasteiger partial charge in [-0.3, -0.25) is 14.4 Å². The second-order valence-corrected chi connectivity index (χ2v) is 11.3. The molecule has 2 aromatic heterocycles. The van der Waals surface area contributed by atoms with E-state index in [1.54, 1.807) is 61.7 Å². The lowest BCUT2D eigenvalue weighted by atomic mass is 9.89. The molecule has 0 saturated heterocycles. The Balaban J connectivity index is 1.71. The van der Waals surface area contributed by atoms with E-state index in [4.69, 9.17) is 9.47 Å². The van der Waals surface area contributed by atoms with Crippen molar-refractivity contribution in [1.29, 1.82) is 0 Å². The fourth-order valence-electron chi connectivity index (χ4n) is 6.45. The fraction of sp³-hybridized carbons (Fsp3) is 0.184. The highest BCUT2D eigenvalue weighted by Gasteiger charge is 2.28. The maximum absolute atomic E-state index is 14.0. The number of rotatable bonds is 8. The van der Waals surface area contributed by atoms with Crippen molar-refractivity contribution in [1.82, 2.24) is 14.5 Å². The van der Waals surface area contributed by atoms with Crippen LogP contribution in [0.2, 0.25) is 0 Å². The molecule has 46 heavy (non-hydrogen) atoms. The third-order valence-electron chi connectivity index (χ3n) is 8.60. The molecule has 232 valence electrons. The quantitative estimate of drug-likeness (QED) is 0.222. The van der Waals surface area contributed by atoms with Gasteiger partial charge in [0, 0.05) is 65.8 Å². The van der Waals surface area contributed by atoms with Crippen LogP contribution in [0.25, 0.3) is 43.8 Å². The van der Waals surface area contributed by atoms with Crippen molar-refractivity contribution in [3.8, 4) is 33.8 Å². The Morgan fingerprint density at radius 1 is 0.674 bits per heavy atom. The van der Waals surface area contributed by atoms with E-state index in [-0.39, 0.29) is 23.4 Å². The molecule has 1 atom stereocenters. The van der Waals surface area contributed by atoms with Gasteiger partial charge in [-0.25, -0.2) is 0 Å². The number of carbonyl (C=O) groups is 1. The summed E-state index contributed by atoms with van der Waals surface area (Å²) in [6, 6.07) is 29.8. The fourth-order valence-corrected chi connectivity index (χ4v) is 6.45. The summed E-state index contributed by atoms with van der Waals surface area (Å²) < 4.78 is 14.4. The molecule has 0 spiro atoms. The van der Waals surface area contributed by atoms with Gasteiger partial charge in [0.1, 0.15) is 11.5 Å². The molecule has 2 heterocycles. The number of hydrogen-bond donors (Lipinski definition) is 1. The van der Waals surface area contributed by atoms with Crippen molar-refractivity contribution < 1.29 is 14.3 Å². The molecular weight excluding hydrogens is 578 g/mol. The van der Waals surface area contributed by atoms with Gasteiger partial charge >= 0.3 is 0 Å². The maximum Gasteiger partial charge on any atom is 0.258 e. The van der Waals surface area contributed by atoms with Gasteiger partial charge in [-0.05, 0) is 47.5 Å². The predicted octanol–water partition coefficient (Wildman–Crippen LogP) is 6.16. The summed E-state index contributed by atoms with van der Waals surface area (Å²) in [7, 11) is 6.66. The van der Waals surface area contributed by atoms with Crippen LogP contribution in [0.4, 0.5) is 0 Å². The number of carbonyl (C=O) groups excluding carboxylic acids is 1. The molecule has 8 nitrogen and oxygen atoms in total. The second kappa shape index (κ2) is 12.4. The average molecular weight is 614 g/mol. The van der Waals surface area contributed by atoms with Crippen LogP contribution in [0.5, 0.6) is 11.5 Å². The smallest absolute Gasteiger partial charge is 0.258 e. The molecule has 1 unspecified atom stereocenters. The zero-order valence-corrected chi connectivity index (χ0v) is 26.5. The maximum atomic E-state index is 14.0. The number of hydrogen-bond acceptors (Lipinski definition) is 5. The first-order valence-corrected chi connectivity index (χ1v) is 15.0. The molecule has 0 radical (unpaired) electrons. The molecule has 4 aromatic carbocycles. The molecule has 0 aliphatic carbocycles. The van der Waals surface area contributed by atoms with Crippen molar-refractivity contribution in [3.05, 3.63) is 129 Å². The Labute approximate surface area is 266 Å². The summed E-state index contributed by atoms with van der Waals surface area (Å²) in [6.45, 7) is 1.46. The van der Waals surface area contributed by atoms with Crippen LogP contribution >= 0.6 is 0 Å². The molecule has 1 amide bonds.